The van der Waals surface area contributed by atoms with E-state index in [1.165, 1.54) is 0 Å². The first-order valence-electron chi connectivity index (χ1n) is 8.27. The van der Waals surface area contributed by atoms with Crippen LogP contribution in [0.2, 0.25) is 0 Å². The van der Waals surface area contributed by atoms with Gasteiger partial charge in [0.2, 0.25) is 0 Å². The van der Waals surface area contributed by atoms with Crippen molar-refractivity contribution in [1.82, 2.24) is 4.90 Å². The highest BCUT2D eigenvalue weighted by atomic mass is 16.5. The minimum Gasteiger partial charge on any atom is -0.493 e. The highest BCUT2D eigenvalue weighted by Crippen LogP contribution is 2.22. The van der Waals surface area contributed by atoms with Crippen LogP contribution < -0.4 is 4.74 Å². The molecule has 1 heterocycles. The van der Waals surface area contributed by atoms with E-state index >= 15 is 0 Å². The van der Waals surface area contributed by atoms with Crippen molar-refractivity contribution in [2.24, 2.45) is 5.92 Å². The van der Waals surface area contributed by atoms with Crippen molar-refractivity contribution >= 4 is 5.91 Å². The van der Waals surface area contributed by atoms with E-state index in [4.69, 9.17) is 4.74 Å². The van der Waals surface area contributed by atoms with Gasteiger partial charge in [0.05, 0.1) is 6.61 Å². The lowest BCUT2D eigenvalue weighted by molar-refractivity contribution is 0.0633. The molecule has 3 rings (SSSR count). The van der Waals surface area contributed by atoms with Gasteiger partial charge in [0.15, 0.2) is 0 Å². The molecule has 1 saturated heterocycles. The van der Waals surface area contributed by atoms with E-state index in [1.807, 2.05) is 53.4 Å². The summed E-state index contributed by atoms with van der Waals surface area (Å²) < 4.78 is 5.97. The Morgan fingerprint density at radius 2 is 1.87 bits per heavy atom. The zero-order valence-corrected chi connectivity index (χ0v) is 13.6. The number of hydrogen-bond donors (Lipinski definition) is 0. The third kappa shape index (κ3) is 3.92. The van der Waals surface area contributed by atoms with Gasteiger partial charge in [0, 0.05) is 24.6 Å². The smallest absolute Gasteiger partial charge is 0.253 e. The maximum atomic E-state index is 12.6. The van der Waals surface area contributed by atoms with Gasteiger partial charge in [-0.3, -0.25) is 4.79 Å². The van der Waals surface area contributed by atoms with Gasteiger partial charge in [-0.1, -0.05) is 36.4 Å². The largest absolute Gasteiger partial charge is 0.493 e. The topological polar surface area (TPSA) is 29.5 Å². The summed E-state index contributed by atoms with van der Waals surface area (Å²) in [6, 6.07) is 17.6. The number of hydrogen-bond acceptors (Lipinski definition) is 2. The van der Waals surface area contributed by atoms with E-state index in [-0.39, 0.29) is 5.91 Å². The van der Waals surface area contributed by atoms with Crippen molar-refractivity contribution < 1.29 is 9.53 Å². The molecule has 0 spiro atoms. The standard InChI is InChI=1S/C20H23NO2/c1-16-8-5-6-12-19(16)23-15-17-9-7-13-21(14-17)20(22)18-10-3-2-4-11-18/h2-6,8,10-12,17H,7,9,13-15H2,1H3. The number of benzene rings is 2. The molecule has 0 saturated carbocycles. The molecule has 0 bridgehead atoms. The quantitative estimate of drug-likeness (QED) is 0.856. The fourth-order valence-electron chi connectivity index (χ4n) is 3.07. The lowest BCUT2D eigenvalue weighted by atomic mass is 9.98. The maximum absolute atomic E-state index is 12.6. The monoisotopic (exact) mass is 309 g/mol. The molecule has 23 heavy (non-hydrogen) atoms. The zero-order chi connectivity index (χ0) is 16.1. The first kappa shape index (κ1) is 15.6. The molecule has 0 aromatic heterocycles. The zero-order valence-electron chi connectivity index (χ0n) is 13.6. The number of aryl methyl sites for hydroxylation is 1. The van der Waals surface area contributed by atoms with Crippen LogP contribution in [0.25, 0.3) is 0 Å². The Kier molecular flexibility index (Phi) is 4.96. The molecule has 1 unspecified atom stereocenters. The first-order chi connectivity index (χ1) is 11.2. The van der Waals surface area contributed by atoms with Crippen LogP contribution in [0.15, 0.2) is 54.6 Å². The van der Waals surface area contributed by atoms with E-state index in [1.54, 1.807) is 0 Å². The van der Waals surface area contributed by atoms with Gasteiger partial charge < -0.3 is 9.64 Å². The van der Waals surface area contributed by atoms with E-state index in [9.17, 15) is 4.79 Å². The highest BCUT2D eigenvalue weighted by molar-refractivity contribution is 5.94. The Hall–Kier alpha value is -2.29. The number of para-hydroxylation sites is 1. The van der Waals surface area contributed by atoms with Crippen molar-refractivity contribution in [2.45, 2.75) is 19.8 Å². The third-order valence-corrected chi connectivity index (χ3v) is 4.40. The van der Waals surface area contributed by atoms with E-state index in [0.717, 1.165) is 42.8 Å². The van der Waals surface area contributed by atoms with E-state index in [2.05, 4.69) is 13.0 Å². The molecular weight excluding hydrogens is 286 g/mol. The molecule has 0 N–H and O–H groups in total. The van der Waals surface area contributed by atoms with Crippen LogP contribution in [0.3, 0.4) is 0 Å². The summed E-state index contributed by atoms with van der Waals surface area (Å²) in [4.78, 5) is 14.5. The highest BCUT2D eigenvalue weighted by Gasteiger charge is 2.24. The second kappa shape index (κ2) is 7.32. The molecule has 1 aliphatic rings. The van der Waals surface area contributed by atoms with Crippen LogP contribution in [0, 0.1) is 12.8 Å². The summed E-state index contributed by atoms with van der Waals surface area (Å²) in [7, 11) is 0. The predicted molar refractivity (Wildman–Crippen MR) is 91.7 cm³/mol. The Morgan fingerprint density at radius 3 is 2.65 bits per heavy atom. The molecule has 2 aromatic carbocycles. The molecule has 1 atom stereocenters. The van der Waals surface area contributed by atoms with E-state index < -0.39 is 0 Å². The molecule has 120 valence electrons. The van der Waals surface area contributed by atoms with Gasteiger partial charge in [0.25, 0.3) is 5.91 Å². The molecule has 0 aliphatic carbocycles. The van der Waals surface area contributed by atoms with Crippen LogP contribution >= 0.6 is 0 Å². The van der Waals surface area contributed by atoms with Crippen LogP contribution in [0.5, 0.6) is 5.75 Å². The van der Waals surface area contributed by atoms with Crippen molar-refractivity contribution in [3.63, 3.8) is 0 Å². The number of piperidine rings is 1. The van der Waals surface area contributed by atoms with E-state index in [0.29, 0.717) is 12.5 Å². The lowest BCUT2D eigenvalue weighted by Gasteiger charge is -2.32. The number of amides is 1. The molecule has 0 radical (unpaired) electrons. The Bertz CT molecular complexity index is 654. The van der Waals surface area contributed by atoms with Crippen LogP contribution in [0.4, 0.5) is 0 Å². The summed E-state index contributed by atoms with van der Waals surface area (Å²) in [6.07, 6.45) is 2.16. The van der Waals surface area contributed by atoms with Crippen molar-refractivity contribution in [3.8, 4) is 5.75 Å². The number of carbonyl (C=O) groups excluding carboxylic acids is 1. The van der Waals surface area contributed by atoms with Gasteiger partial charge >= 0.3 is 0 Å². The van der Waals surface area contributed by atoms with Crippen LogP contribution in [-0.2, 0) is 0 Å². The minimum atomic E-state index is 0.131. The SMILES string of the molecule is Cc1ccccc1OCC1CCCN(C(=O)c2ccccc2)C1. The second-order valence-electron chi connectivity index (χ2n) is 6.20. The van der Waals surface area contributed by atoms with Gasteiger partial charge in [-0.2, -0.15) is 0 Å². The van der Waals surface area contributed by atoms with Crippen molar-refractivity contribution in [2.75, 3.05) is 19.7 Å². The molecular formula is C20H23NO2. The van der Waals surface area contributed by atoms with Gasteiger partial charge in [-0.25, -0.2) is 0 Å². The lowest BCUT2D eigenvalue weighted by Crippen LogP contribution is -2.41. The number of ether oxygens (including phenoxy) is 1. The Labute approximate surface area is 137 Å². The fourth-order valence-corrected chi connectivity index (χ4v) is 3.07. The number of nitrogens with zero attached hydrogens (tertiary/aromatic N) is 1. The Morgan fingerprint density at radius 1 is 1.13 bits per heavy atom. The summed E-state index contributed by atoms with van der Waals surface area (Å²) in [6.45, 7) is 4.35. The van der Waals surface area contributed by atoms with Crippen LogP contribution in [-0.4, -0.2) is 30.5 Å². The summed E-state index contributed by atoms with van der Waals surface area (Å²) >= 11 is 0. The summed E-state index contributed by atoms with van der Waals surface area (Å²) in [5.41, 5.74) is 1.92. The van der Waals surface area contributed by atoms with Gasteiger partial charge in [-0.15, -0.1) is 0 Å². The number of rotatable bonds is 4. The van der Waals surface area contributed by atoms with Crippen molar-refractivity contribution in [3.05, 3.63) is 65.7 Å². The molecule has 1 aliphatic heterocycles. The minimum absolute atomic E-state index is 0.131. The van der Waals surface area contributed by atoms with Crippen LogP contribution in [0.1, 0.15) is 28.8 Å². The average molecular weight is 309 g/mol. The molecule has 1 fully saturated rings. The first-order valence-corrected chi connectivity index (χ1v) is 8.27. The third-order valence-electron chi connectivity index (χ3n) is 4.40. The average Bonchev–Trinajstić information content (AvgIpc) is 2.61. The predicted octanol–water partition coefficient (Wildman–Crippen LogP) is 3.93. The fraction of sp³-hybridized carbons (Fsp3) is 0.350. The van der Waals surface area contributed by atoms with Gasteiger partial charge in [0.1, 0.15) is 5.75 Å². The normalized spacial score (nSPS) is 17.8. The number of likely N-dealkylation sites (tertiary alicyclic amines) is 1. The molecule has 3 heteroatoms. The summed E-state index contributed by atoms with van der Waals surface area (Å²) in [5, 5.41) is 0. The second-order valence-corrected chi connectivity index (χ2v) is 6.20. The maximum Gasteiger partial charge on any atom is 0.253 e. The molecule has 1 amide bonds. The van der Waals surface area contributed by atoms with Crippen molar-refractivity contribution in [1.29, 1.82) is 0 Å². The number of carbonyl (C=O) groups is 1. The van der Waals surface area contributed by atoms with Gasteiger partial charge in [-0.05, 0) is 43.5 Å². The molecule has 3 nitrogen and oxygen atoms in total. The Balaban J connectivity index is 1.58. The summed E-state index contributed by atoms with van der Waals surface area (Å²) in [5.74, 6) is 1.47. The molecule has 2 aromatic rings.